The van der Waals surface area contributed by atoms with Crippen LogP contribution in [0.4, 0.5) is 11.4 Å². The van der Waals surface area contributed by atoms with Gasteiger partial charge in [0.1, 0.15) is 6.73 Å². The fourth-order valence-electron chi connectivity index (χ4n) is 2.93. The van der Waals surface area contributed by atoms with Crippen LogP contribution in [-0.2, 0) is 19.6 Å². The van der Waals surface area contributed by atoms with E-state index in [0.717, 1.165) is 12.8 Å². The van der Waals surface area contributed by atoms with Gasteiger partial charge in [-0.2, -0.15) is 4.31 Å². The van der Waals surface area contributed by atoms with Crippen LogP contribution in [0.1, 0.15) is 19.8 Å². The Morgan fingerprint density at radius 2 is 1.96 bits per heavy atom. The van der Waals surface area contributed by atoms with Gasteiger partial charge in [-0.3, -0.25) is 4.79 Å². The van der Waals surface area contributed by atoms with Gasteiger partial charge < -0.3 is 15.0 Å². The van der Waals surface area contributed by atoms with Crippen LogP contribution in [-0.4, -0.2) is 51.6 Å². The van der Waals surface area contributed by atoms with Gasteiger partial charge in [0.15, 0.2) is 0 Å². The summed E-state index contributed by atoms with van der Waals surface area (Å²) in [7, 11) is -3.51. The predicted octanol–water partition coefficient (Wildman–Crippen LogP) is 1.22. The minimum absolute atomic E-state index is 0.144. The largest absolute Gasteiger partial charge is 0.361 e. The molecule has 1 aromatic rings. The lowest BCUT2D eigenvalue weighted by atomic mass is 10.2. The van der Waals surface area contributed by atoms with Crippen molar-refractivity contribution in [2.75, 3.05) is 43.2 Å². The van der Waals surface area contributed by atoms with Crippen molar-refractivity contribution >= 4 is 27.3 Å². The number of ether oxygens (including phenoxy) is 1. The van der Waals surface area contributed by atoms with E-state index >= 15 is 0 Å². The van der Waals surface area contributed by atoms with Crippen LogP contribution in [0.15, 0.2) is 23.1 Å². The molecule has 0 unspecified atom stereocenters. The molecule has 2 aliphatic rings. The van der Waals surface area contributed by atoms with Crippen LogP contribution in [0.5, 0.6) is 0 Å². The van der Waals surface area contributed by atoms with Crippen molar-refractivity contribution in [2.45, 2.75) is 24.7 Å². The molecule has 1 amide bonds. The van der Waals surface area contributed by atoms with Crippen molar-refractivity contribution in [3.8, 4) is 0 Å². The molecule has 0 bridgehead atoms. The average Bonchev–Trinajstić information content (AvgIpc) is 3.02. The quantitative estimate of drug-likeness (QED) is 0.876. The molecule has 1 N–H and O–H groups in total. The summed E-state index contributed by atoms with van der Waals surface area (Å²) in [6.45, 7) is 3.71. The highest BCUT2D eigenvalue weighted by atomic mass is 32.2. The van der Waals surface area contributed by atoms with Gasteiger partial charge in [-0.05, 0) is 31.0 Å². The molecule has 1 fully saturated rings. The number of benzene rings is 1. The van der Waals surface area contributed by atoms with Crippen molar-refractivity contribution in [2.24, 2.45) is 0 Å². The fraction of sp³-hybridized carbons (Fsp3) is 0.533. The van der Waals surface area contributed by atoms with Gasteiger partial charge >= 0.3 is 0 Å². The Bertz CT molecular complexity index is 699. The van der Waals surface area contributed by atoms with E-state index in [-0.39, 0.29) is 10.8 Å². The van der Waals surface area contributed by atoms with E-state index < -0.39 is 10.0 Å². The number of sulfonamides is 1. The molecule has 3 rings (SSSR count). The zero-order valence-corrected chi connectivity index (χ0v) is 13.9. The van der Waals surface area contributed by atoms with Gasteiger partial charge in [-0.1, -0.05) is 0 Å². The van der Waals surface area contributed by atoms with Crippen LogP contribution in [0.3, 0.4) is 0 Å². The Balaban J connectivity index is 2.03. The summed E-state index contributed by atoms with van der Waals surface area (Å²) < 4.78 is 32.3. The minimum atomic E-state index is -3.51. The first-order chi connectivity index (χ1) is 11.0. The molecule has 0 atom stereocenters. The SMILES string of the molecule is CC(=O)N1CCOCNc2ccc(S(=O)(=O)N3CCCC3)cc21. The first kappa shape index (κ1) is 16.2. The summed E-state index contributed by atoms with van der Waals surface area (Å²) in [6.07, 6.45) is 1.78. The fourth-order valence-corrected chi connectivity index (χ4v) is 4.46. The number of carbonyl (C=O) groups is 1. The Morgan fingerprint density at radius 1 is 1.22 bits per heavy atom. The standard InChI is InChI=1S/C15H21N3O4S/c1-12(19)18-8-9-22-11-16-14-5-4-13(10-15(14)18)23(20,21)17-6-2-3-7-17/h4-5,10,16H,2-3,6-9,11H2,1H3. The van der Waals surface area contributed by atoms with E-state index in [0.29, 0.717) is 44.3 Å². The molecule has 2 aliphatic heterocycles. The van der Waals surface area contributed by atoms with Gasteiger partial charge in [0.2, 0.25) is 15.9 Å². The third-order valence-corrected chi connectivity index (χ3v) is 6.06. The number of rotatable bonds is 2. The summed E-state index contributed by atoms with van der Waals surface area (Å²) >= 11 is 0. The van der Waals surface area contributed by atoms with Gasteiger partial charge in [-0.15, -0.1) is 0 Å². The van der Waals surface area contributed by atoms with Crippen molar-refractivity contribution in [3.63, 3.8) is 0 Å². The molecule has 1 aromatic carbocycles. The summed E-state index contributed by atoms with van der Waals surface area (Å²) in [5.74, 6) is -0.144. The third kappa shape index (κ3) is 3.19. The van der Waals surface area contributed by atoms with Gasteiger partial charge in [0.25, 0.3) is 0 Å². The summed E-state index contributed by atoms with van der Waals surface area (Å²) in [6, 6.07) is 4.87. The first-order valence-corrected chi connectivity index (χ1v) is 9.18. The van der Waals surface area contributed by atoms with Crippen molar-refractivity contribution < 1.29 is 17.9 Å². The second-order valence-electron chi connectivity index (χ2n) is 5.69. The zero-order valence-electron chi connectivity index (χ0n) is 13.1. The maximum atomic E-state index is 12.7. The predicted molar refractivity (Wildman–Crippen MR) is 86.9 cm³/mol. The van der Waals surface area contributed by atoms with Crippen molar-refractivity contribution in [1.29, 1.82) is 0 Å². The highest BCUT2D eigenvalue weighted by Crippen LogP contribution is 2.32. The molecule has 23 heavy (non-hydrogen) atoms. The molecule has 7 nitrogen and oxygen atoms in total. The molecule has 1 saturated heterocycles. The number of hydrogen-bond donors (Lipinski definition) is 1. The maximum Gasteiger partial charge on any atom is 0.243 e. The normalized spacial score (nSPS) is 19.6. The van der Waals surface area contributed by atoms with E-state index in [1.165, 1.54) is 11.2 Å². The Labute approximate surface area is 136 Å². The number of amides is 1. The summed E-state index contributed by atoms with van der Waals surface area (Å²) in [4.78, 5) is 13.7. The number of fused-ring (bicyclic) bond motifs is 1. The lowest BCUT2D eigenvalue weighted by Crippen LogP contribution is -2.35. The van der Waals surface area contributed by atoms with E-state index in [2.05, 4.69) is 5.32 Å². The third-order valence-electron chi connectivity index (χ3n) is 4.17. The summed E-state index contributed by atoms with van der Waals surface area (Å²) in [5.41, 5.74) is 1.28. The molecule has 0 spiro atoms. The van der Waals surface area contributed by atoms with Gasteiger partial charge in [0.05, 0.1) is 22.9 Å². The molecular formula is C15H21N3O4S. The molecular weight excluding hydrogens is 318 g/mol. The van der Waals surface area contributed by atoms with E-state index in [1.54, 1.807) is 23.1 Å². The van der Waals surface area contributed by atoms with Crippen molar-refractivity contribution in [1.82, 2.24) is 4.31 Å². The monoisotopic (exact) mass is 339 g/mol. The Kier molecular flexibility index (Phi) is 4.56. The van der Waals surface area contributed by atoms with Crippen LogP contribution in [0.25, 0.3) is 0 Å². The molecule has 126 valence electrons. The molecule has 0 aliphatic carbocycles. The van der Waals surface area contributed by atoms with E-state index in [4.69, 9.17) is 4.74 Å². The van der Waals surface area contributed by atoms with Gasteiger partial charge in [0, 0.05) is 26.6 Å². The molecule has 0 radical (unpaired) electrons. The van der Waals surface area contributed by atoms with Gasteiger partial charge in [-0.25, -0.2) is 8.42 Å². The summed E-state index contributed by atoms with van der Waals surface area (Å²) in [5, 5.41) is 3.07. The minimum Gasteiger partial charge on any atom is -0.361 e. The molecule has 2 heterocycles. The number of nitrogens with one attached hydrogen (secondary N) is 1. The first-order valence-electron chi connectivity index (χ1n) is 7.74. The number of carbonyl (C=O) groups excluding carboxylic acids is 1. The average molecular weight is 339 g/mol. The number of nitrogens with zero attached hydrogens (tertiary/aromatic N) is 2. The Hall–Kier alpha value is -1.64. The second kappa shape index (κ2) is 6.46. The Morgan fingerprint density at radius 3 is 2.65 bits per heavy atom. The number of hydrogen-bond acceptors (Lipinski definition) is 5. The second-order valence-corrected chi connectivity index (χ2v) is 7.63. The zero-order chi connectivity index (χ0) is 16.4. The highest BCUT2D eigenvalue weighted by molar-refractivity contribution is 7.89. The lowest BCUT2D eigenvalue weighted by molar-refractivity contribution is -0.116. The van der Waals surface area contributed by atoms with Crippen LogP contribution in [0.2, 0.25) is 0 Å². The molecule has 0 aromatic heterocycles. The molecule has 8 heteroatoms. The molecule has 0 saturated carbocycles. The lowest BCUT2D eigenvalue weighted by Gasteiger charge is -2.28. The van der Waals surface area contributed by atoms with Crippen molar-refractivity contribution in [3.05, 3.63) is 18.2 Å². The van der Waals surface area contributed by atoms with Crippen LogP contribution in [0, 0.1) is 0 Å². The van der Waals surface area contributed by atoms with Crippen LogP contribution < -0.4 is 10.2 Å². The topological polar surface area (TPSA) is 79.0 Å². The van der Waals surface area contributed by atoms with E-state index in [9.17, 15) is 13.2 Å². The van der Waals surface area contributed by atoms with E-state index in [1.807, 2.05) is 0 Å². The number of anilines is 2. The van der Waals surface area contributed by atoms with Crippen LogP contribution >= 0.6 is 0 Å². The smallest absolute Gasteiger partial charge is 0.243 e. The maximum absolute atomic E-state index is 12.7. The highest BCUT2D eigenvalue weighted by Gasteiger charge is 2.29.